The van der Waals surface area contributed by atoms with Crippen LogP contribution in [0.3, 0.4) is 0 Å². The van der Waals surface area contributed by atoms with Crippen LogP contribution >= 0.6 is 23.2 Å². The highest BCUT2D eigenvalue weighted by Crippen LogP contribution is 2.32. The number of hydrogen-bond donors (Lipinski definition) is 1. The van der Waals surface area contributed by atoms with E-state index in [1.165, 1.54) is 7.11 Å². The van der Waals surface area contributed by atoms with Crippen LogP contribution in [0.1, 0.15) is 16.8 Å². The summed E-state index contributed by atoms with van der Waals surface area (Å²) in [6.45, 7) is 0.603. The van der Waals surface area contributed by atoms with Gasteiger partial charge in [-0.15, -0.1) is 0 Å². The second-order valence-corrected chi connectivity index (χ2v) is 4.09. The molecule has 0 aromatic heterocycles. The zero-order valence-electron chi connectivity index (χ0n) is 9.14. The molecule has 0 radical (unpaired) electrons. The van der Waals surface area contributed by atoms with Crippen molar-refractivity contribution in [2.24, 2.45) is 0 Å². The maximum Gasteiger partial charge on any atom is 0.167 e. The van der Waals surface area contributed by atoms with Gasteiger partial charge in [0.05, 0.1) is 17.7 Å². The lowest BCUT2D eigenvalue weighted by Gasteiger charge is -2.10. The summed E-state index contributed by atoms with van der Waals surface area (Å²) in [5, 5.41) is 3.69. The van der Waals surface area contributed by atoms with Gasteiger partial charge in [-0.2, -0.15) is 0 Å². The number of carbonyl (C=O) groups excluding carboxylic acids is 1. The molecular formula is C11H13Cl2NO2. The Hall–Kier alpha value is -0.770. The molecule has 0 bridgehead atoms. The third kappa shape index (κ3) is 3.11. The largest absolute Gasteiger partial charge is 0.494 e. The summed E-state index contributed by atoms with van der Waals surface area (Å²) in [7, 11) is 3.26. The van der Waals surface area contributed by atoms with E-state index in [9.17, 15) is 4.79 Å². The minimum absolute atomic E-state index is 0.0457. The number of ether oxygens (including phenoxy) is 1. The van der Waals surface area contributed by atoms with Crippen LogP contribution in [0.4, 0.5) is 0 Å². The summed E-state index contributed by atoms with van der Waals surface area (Å²) < 4.78 is 5.10. The lowest BCUT2D eigenvalue weighted by molar-refractivity contribution is 0.0980. The summed E-state index contributed by atoms with van der Waals surface area (Å²) in [6, 6.07) is 3.13. The van der Waals surface area contributed by atoms with Crippen molar-refractivity contribution in [2.45, 2.75) is 6.42 Å². The van der Waals surface area contributed by atoms with Crippen LogP contribution in [0.25, 0.3) is 0 Å². The van der Waals surface area contributed by atoms with Gasteiger partial charge in [0.25, 0.3) is 0 Å². The van der Waals surface area contributed by atoms with Crippen molar-refractivity contribution < 1.29 is 9.53 Å². The van der Waals surface area contributed by atoms with Crippen LogP contribution < -0.4 is 10.1 Å². The Balaban J connectivity index is 3.05. The fourth-order valence-electron chi connectivity index (χ4n) is 1.35. The first kappa shape index (κ1) is 13.3. The lowest BCUT2D eigenvalue weighted by Crippen LogP contribution is -2.13. The molecule has 0 saturated heterocycles. The number of nitrogens with one attached hydrogen (secondary N) is 1. The molecule has 0 fully saturated rings. The Morgan fingerprint density at radius 1 is 1.44 bits per heavy atom. The minimum Gasteiger partial charge on any atom is -0.494 e. The molecule has 0 atom stereocenters. The molecule has 0 aliphatic carbocycles. The Morgan fingerprint density at radius 2 is 2.12 bits per heavy atom. The van der Waals surface area contributed by atoms with E-state index in [4.69, 9.17) is 27.9 Å². The molecule has 1 aromatic rings. The molecule has 16 heavy (non-hydrogen) atoms. The standard InChI is InChI=1S/C11H13Cl2NO2/c1-14-4-3-10(15)8-5-7(12)6-9(13)11(8)16-2/h5-6,14H,3-4H2,1-2H3. The van der Waals surface area contributed by atoms with Crippen LogP contribution in [0.5, 0.6) is 5.75 Å². The summed E-state index contributed by atoms with van der Waals surface area (Å²) in [5.74, 6) is 0.336. The van der Waals surface area contributed by atoms with Crippen LogP contribution in [0.15, 0.2) is 12.1 Å². The number of carbonyl (C=O) groups is 1. The Labute approximate surface area is 105 Å². The first-order chi connectivity index (χ1) is 7.60. The van der Waals surface area contributed by atoms with E-state index in [1.807, 2.05) is 0 Å². The minimum atomic E-state index is -0.0457. The SMILES string of the molecule is CNCCC(=O)c1cc(Cl)cc(Cl)c1OC. The van der Waals surface area contributed by atoms with Crippen molar-refractivity contribution in [3.05, 3.63) is 27.7 Å². The van der Waals surface area contributed by atoms with E-state index in [0.29, 0.717) is 34.3 Å². The van der Waals surface area contributed by atoms with Crippen LogP contribution in [0.2, 0.25) is 10.0 Å². The fraction of sp³-hybridized carbons (Fsp3) is 0.364. The van der Waals surface area contributed by atoms with E-state index < -0.39 is 0 Å². The normalized spacial score (nSPS) is 10.2. The molecule has 0 unspecified atom stereocenters. The van der Waals surface area contributed by atoms with Crippen LogP contribution in [-0.2, 0) is 0 Å². The highest BCUT2D eigenvalue weighted by Gasteiger charge is 2.15. The summed E-state index contributed by atoms with van der Waals surface area (Å²) in [5.41, 5.74) is 0.426. The fourth-order valence-corrected chi connectivity index (χ4v) is 1.92. The molecule has 88 valence electrons. The number of benzene rings is 1. The number of ketones is 1. The third-order valence-electron chi connectivity index (χ3n) is 2.11. The van der Waals surface area contributed by atoms with Crippen molar-refractivity contribution >= 4 is 29.0 Å². The summed E-state index contributed by atoms with van der Waals surface area (Å²) in [4.78, 5) is 11.9. The van der Waals surface area contributed by atoms with Crippen molar-refractivity contribution in [1.82, 2.24) is 5.32 Å². The molecule has 0 aliphatic rings. The van der Waals surface area contributed by atoms with Crippen molar-refractivity contribution in [3.8, 4) is 5.75 Å². The van der Waals surface area contributed by atoms with Crippen molar-refractivity contribution in [3.63, 3.8) is 0 Å². The summed E-state index contributed by atoms with van der Waals surface area (Å²) in [6.07, 6.45) is 0.379. The zero-order chi connectivity index (χ0) is 12.1. The first-order valence-corrected chi connectivity index (χ1v) is 5.56. The predicted octanol–water partition coefficient (Wildman–Crippen LogP) is 2.79. The smallest absolute Gasteiger partial charge is 0.167 e. The predicted molar refractivity (Wildman–Crippen MR) is 65.9 cm³/mol. The van der Waals surface area contributed by atoms with Gasteiger partial charge in [-0.1, -0.05) is 23.2 Å². The van der Waals surface area contributed by atoms with Gasteiger partial charge in [-0.05, 0) is 19.2 Å². The van der Waals surface area contributed by atoms with Crippen molar-refractivity contribution in [2.75, 3.05) is 20.7 Å². The number of rotatable bonds is 5. The summed E-state index contributed by atoms with van der Waals surface area (Å²) >= 11 is 11.8. The van der Waals surface area contributed by atoms with Crippen molar-refractivity contribution in [1.29, 1.82) is 0 Å². The topological polar surface area (TPSA) is 38.3 Å². The highest BCUT2D eigenvalue weighted by atomic mass is 35.5. The van der Waals surface area contributed by atoms with Crippen LogP contribution in [0, 0.1) is 0 Å². The zero-order valence-corrected chi connectivity index (χ0v) is 10.7. The van der Waals surface area contributed by atoms with E-state index >= 15 is 0 Å². The quantitative estimate of drug-likeness (QED) is 0.829. The molecule has 1 aromatic carbocycles. The average Bonchev–Trinajstić information content (AvgIpc) is 2.24. The second kappa shape index (κ2) is 6.09. The van der Waals surface area contributed by atoms with Crippen LogP contribution in [-0.4, -0.2) is 26.5 Å². The van der Waals surface area contributed by atoms with Gasteiger partial charge in [0.1, 0.15) is 5.75 Å². The molecule has 1 N–H and O–H groups in total. The van der Waals surface area contributed by atoms with Gasteiger partial charge in [0.15, 0.2) is 5.78 Å². The van der Waals surface area contributed by atoms with E-state index in [-0.39, 0.29) is 5.78 Å². The molecular weight excluding hydrogens is 249 g/mol. The molecule has 0 heterocycles. The molecule has 0 saturated carbocycles. The molecule has 5 heteroatoms. The van der Waals surface area contributed by atoms with Gasteiger partial charge in [-0.3, -0.25) is 4.79 Å². The van der Waals surface area contributed by atoms with Gasteiger partial charge >= 0.3 is 0 Å². The Bertz CT molecular complexity index is 394. The van der Waals surface area contributed by atoms with Gasteiger partial charge in [-0.25, -0.2) is 0 Å². The Morgan fingerprint density at radius 3 is 2.69 bits per heavy atom. The maximum absolute atomic E-state index is 11.9. The van der Waals surface area contributed by atoms with E-state index in [2.05, 4.69) is 5.32 Å². The van der Waals surface area contributed by atoms with Gasteiger partial charge < -0.3 is 10.1 Å². The first-order valence-electron chi connectivity index (χ1n) is 4.81. The number of methoxy groups -OCH3 is 1. The Kier molecular flexibility index (Phi) is 5.06. The average molecular weight is 262 g/mol. The molecule has 1 rings (SSSR count). The highest BCUT2D eigenvalue weighted by molar-refractivity contribution is 6.36. The molecule has 0 aliphatic heterocycles. The second-order valence-electron chi connectivity index (χ2n) is 3.25. The van der Waals surface area contributed by atoms with E-state index in [0.717, 1.165) is 0 Å². The number of halogens is 2. The molecule has 0 amide bonds. The van der Waals surface area contributed by atoms with E-state index in [1.54, 1.807) is 19.2 Å². The van der Waals surface area contributed by atoms with Gasteiger partial charge in [0.2, 0.25) is 0 Å². The third-order valence-corrected chi connectivity index (χ3v) is 2.61. The lowest BCUT2D eigenvalue weighted by atomic mass is 10.1. The monoisotopic (exact) mass is 261 g/mol. The number of hydrogen-bond acceptors (Lipinski definition) is 3. The van der Waals surface area contributed by atoms with Gasteiger partial charge in [0, 0.05) is 18.0 Å². The molecule has 0 spiro atoms. The maximum atomic E-state index is 11.9. The molecule has 3 nitrogen and oxygen atoms in total. The number of Topliss-reactive ketones (excluding diaryl/α,β-unsaturated/α-hetero) is 1.